The van der Waals surface area contributed by atoms with Crippen LogP contribution in [0.5, 0.6) is 0 Å². The van der Waals surface area contributed by atoms with Crippen LogP contribution >= 0.6 is 11.6 Å². The number of aromatic nitrogens is 2. The molecule has 1 heterocycles. The summed E-state index contributed by atoms with van der Waals surface area (Å²) in [5, 5.41) is 20.7. The molecule has 2 N–H and O–H groups in total. The molecule has 9 nitrogen and oxygen atoms in total. The highest BCUT2D eigenvalue weighted by molar-refractivity contribution is 6.34. The normalized spacial score (nSPS) is 13.4. The van der Waals surface area contributed by atoms with Crippen LogP contribution in [0.3, 0.4) is 0 Å². The maximum atomic E-state index is 12.6. The Morgan fingerprint density at radius 2 is 2.07 bits per heavy atom. The van der Waals surface area contributed by atoms with Crippen molar-refractivity contribution in [3.63, 3.8) is 0 Å². The molecule has 0 bridgehead atoms. The standard InChI is InChI=1S/C17H22ClN5O4/c1-9(2)15(17-20-14(22-27-17)7-10(3)19-4)21-16(24)12-6-5-11(23(25)26)8-13(12)18/h5-6,8-10,15,19H,7H2,1-4H3,(H,21,24). The van der Waals surface area contributed by atoms with Gasteiger partial charge in [-0.05, 0) is 26.0 Å². The molecule has 27 heavy (non-hydrogen) atoms. The van der Waals surface area contributed by atoms with E-state index in [1.165, 1.54) is 12.1 Å². The van der Waals surface area contributed by atoms with Gasteiger partial charge < -0.3 is 15.2 Å². The third kappa shape index (κ3) is 5.24. The quantitative estimate of drug-likeness (QED) is 0.520. The minimum atomic E-state index is -0.573. The molecular formula is C17H22ClN5O4. The Labute approximate surface area is 161 Å². The number of amides is 1. The molecule has 0 fully saturated rings. The first-order chi connectivity index (χ1) is 12.7. The molecule has 0 saturated carbocycles. The maximum Gasteiger partial charge on any atom is 0.270 e. The predicted octanol–water partition coefficient (Wildman–Crippen LogP) is 2.91. The lowest BCUT2D eigenvalue weighted by Crippen LogP contribution is -2.32. The number of likely N-dealkylation sites (N-methyl/N-ethyl adjacent to an activating group) is 1. The summed E-state index contributed by atoms with van der Waals surface area (Å²) in [5.41, 5.74) is -0.0476. The van der Waals surface area contributed by atoms with Gasteiger partial charge in [0.25, 0.3) is 11.6 Å². The fourth-order valence-corrected chi connectivity index (χ4v) is 2.65. The number of hydrogen-bond acceptors (Lipinski definition) is 7. The van der Waals surface area contributed by atoms with Crippen molar-refractivity contribution in [2.75, 3.05) is 7.05 Å². The molecular weight excluding hydrogens is 374 g/mol. The molecule has 0 spiro atoms. The summed E-state index contributed by atoms with van der Waals surface area (Å²) in [6.07, 6.45) is 0.590. The third-order valence-corrected chi connectivity index (χ3v) is 4.41. The third-order valence-electron chi connectivity index (χ3n) is 4.09. The molecule has 1 aromatic carbocycles. The average molecular weight is 396 g/mol. The minimum absolute atomic E-state index is 0.00160. The van der Waals surface area contributed by atoms with Gasteiger partial charge in [-0.3, -0.25) is 14.9 Å². The van der Waals surface area contributed by atoms with Crippen molar-refractivity contribution in [1.29, 1.82) is 0 Å². The fraction of sp³-hybridized carbons (Fsp3) is 0.471. The minimum Gasteiger partial charge on any atom is -0.340 e. The highest BCUT2D eigenvalue weighted by Crippen LogP contribution is 2.25. The summed E-state index contributed by atoms with van der Waals surface area (Å²) in [5.74, 6) is 0.340. The Morgan fingerprint density at radius 1 is 1.37 bits per heavy atom. The number of rotatable bonds is 8. The molecule has 2 aromatic rings. The first-order valence-electron chi connectivity index (χ1n) is 8.47. The lowest BCUT2D eigenvalue weighted by Gasteiger charge is -2.18. The first kappa shape index (κ1) is 20.8. The van der Waals surface area contributed by atoms with Gasteiger partial charge in [0.15, 0.2) is 5.82 Å². The largest absolute Gasteiger partial charge is 0.340 e. The van der Waals surface area contributed by atoms with Gasteiger partial charge in [0.05, 0.1) is 15.5 Å². The van der Waals surface area contributed by atoms with Gasteiger partial charge in [0, 0.05) is 24.6 Å². The van der Waals surface area contributed by atoms with E-state index in [1.54, 1.807) is 0 Å². The maximum absolute atomic E-state index is 12.6. The van der Waals surface area contributed by atoms with Gasteiger partial charge in [-0.25, -0.2) is 0 Å². The van der Waals surface area contributed by atoms with Crippen molar-refractivity contribution in [2.45, 2.75) is 39.3 Å². The molecule has 1 aromatic heterocycles. The lowest BCUT2D eigenvalue weighted by atomic mass is 10.0. The number of non-ortho nitro benzene ring substituents is 1. The Balaban J connectivity index is 2.19. The highest BCUT2D eigenvalue weighted by Gasteiger charge is 2.26. The van der Waals surface area contributed by atoms with Crippen molar-refractivity contribution in [3.8, 4) is 0 Å². The molecule has 0 saturated heterocycles. The van der Waals surface area contributed by atoms with Gasteiger partial charge in [0.1, 0.15) is 6.04 Å². The van der Waals surface area contributed by atoms with Crippen LogP contribution < -0.4 is 10.6 Å². The Bertz CT molecular complexity index is 823. The van der Waals surface area contributed by atoms with Gasteiger partial charge >= 0.3 is 0 Å². The van der Waals surface area contributed by atoms with Crippen LogP contribution in [0.15, 0.2) is 22.7 Å². The zero-order valence-electron chi connectivity index (χ0n) is 15.5. The second-order valence-electron chi connectivity index (χ2n) is 6.56. The topological polar surface area (TPSA) is 123 Å². The first-order valence-corrected chi connectivity index (χ1v) is 8.85. The molecule has 2 unspecified atom stereocenters. The van der Waals surface area contributed by atoms with E-state index >= 15 is 0 Å². The van der Waals surface area contributed by atoms with E-state index in [2.05, 4.69) is 20.8 Å². The van der Waals surface area contributed by atoms with Crippen LogP contribution in [0.2, 0.25) is 5.02 Å². The molecule has 10 heteroatoms. The smallest absolute Gasteiger partial charge is 0.270 e. The van der Waals surface area contributed by atoms with Gasteiger partial charge in [-0.2, -0.15) is 4.98 Å². The van der Waals surface area contributed by atoms with Gasteiger partial charge in [-0.15, -0.1) is 0 Å². The van der Waals surface area contributed by atoms with Gasteiger partial charge in [-0.1, -0.05) is 30.6 Å². The van der Waals surface area contributed by atoms with Crippen molar-refractivity contribution in [1.82, 2.24) is 20.8 Å². The van der Waals surface area contributed by atoms with Crippen LogP contribution in [-0.2, 0) is 6.42 Å². The molecule has 0 radical (unpaired) electrons. The Morgan fingerprint density at radius 3 is 2.63 bits per heavy atom. The second kappa shape index (κ2) is 8.92. The van der Waals surface area contributed by atoms with E-state index < -0.39 is 16.9 Å². The van der Waals surface area contributed by atoms with E-state index in [0.717, 1.165) is 6.07 Å². The zero-order valence-corrected chi connectivity index (χ0v) is 16.3. The van der Waals surface area contributed by atoms with Gasteiger partial charge in [0.2, 0.25) is 5.89 Å². The SMILES string of the molecule is CNC(C)Cc1noc(C(NC(=O)c2ccc([N+](=O)[O-])cc2Cl)C(C)C)n1. The number of nitrogens with zero attached hydrogens (tertiary/aromatic N) is 3. The summed E-state index contributed by atoms with van der Waals surface area (Å²) < 4.78 is 5.33. The second-order valence-corrected chi connectivity index (χ2v) is 6.97. The van der Waals surface area contributed by atoms with E-state index in [4.69, 9.17) is 16.1 Å². The Kier molecular flexibility index (Phi) is 6.86. The zero-order chi connectivity index (χ0) is 20.1. The number of carbonyl (C=O) groups excluding carboxylic acids is 1. The molecule has 2 rings (SSSR count). The average Bonchev–Trinajstić information content (AvgIpc) is 3.06. The monoisotopic (exact) mass is 395 g/mol. The molecule has 0 aliphatic heterocycles. The molecule has 1 amide bonds. The summed E-state index contributed by atoms with van der Waals surface area (Å²) in [4.78, 5) is 27.2. The van der Waals surface area contributed by atoms with Crippen LogP contribution in [0.1, 0.15) is 48.9 Å². The number of nitro benzene ring substituents is 1. The molecule has 0 aliphatic rings. The van der Waals surface area contributed by atoms with Crippen molar-refractivity contribution in [2.24, 2.45) is 5.92 Å². The number of nitro groups is 1. The number of nitrogens with one attached hydrogen (secondary N) is 2. The Hall–Kier alpha value is -2.52. The van der Waals surface area contributed by atoms with E-state index in [0.29, 0.717) is 18.1 Å². The summed E-state index contributed by atoms with van der Waals surface area (Å²) in [6, 6.07) is 3.36. The number of benzene rings is 1. The van der Waals surface area contributed by atoms with Crippen molar-refractivity contribution in [3.05, 3.63) is 50.6 Å². The lowest BCUT2D eigenvalue weighted by molar-refractivity contribution is -0.384. The summed E-state index contributed by atoms with van der Waals surface area (Å²) >= 11 is 6.03. The van der Waals surface area contributed by atoms with Crippen molar-refractivity contribution < 1.29 is 14.2 Å². The predicted molar refractivity (Wildman–Crippen MR) is 99.7 cm³/mol. The fourth-order valence-electron chi connectivity index (χ4n) is 2.39. The van der Waals surface area contributed by atoms with Crippen LogP contribution in [0.25, 0.3) is 0 Å². The highest BCUT2D eigenvalue weighted by atomic mass is 35.5. The van der Waals surface area contributed by atoms with Crippen molar-refractivity contribution >= 4 is 23.2 Å². The molecule has 146 valence electrons. The van der Waals surface area contributed by atoms with Crippen LogP contribution in [0.4, 0.5) is 5.69 Å². The number of carbonyl (C=O) groups is 1. The van der Waals surface area contributed by atoms with E-state index in [1.807, 2.05) is 27.8 Å². The van der Waals surface area contributed by atoms with Crippen LogP contribution in [0, 0.1) is 16.0 Å². The summed E-state index contributed by atoms with van der Waals surface area (Å²) in [6.45, 7) is 5.80. The molecule has 0 aliphatic carbocycles. The number of hydrogen-bond donors (Lipinski definition) is 2. The molecule has 2 atom stereocenters. The van der Waals surface area contributed by atoms with E-state index in [-0.39, 0.29) is 28.2 Å². The van der Waals surface area contributed by atoms with E-state index in [9.17, 15) is 14.9 Å². The summed E-state index contributed by atoms with van der Waals surface area (Å²) in [7, 11) is 1.84. The number of halogens is 1. The van der Waals surface area contributed by atoms with Crippen LogP contribution in [-0.4, -0.2) is 34.1 Å².